The van der Waals surface area contributed by atoms with Gasteiger partial charge in [0.25, 0.3) is 5.91 Å². The predicted octanol–water partition coefficient (Wildman–Crippen LogP) is 4.98. The van der Waals surface area contributed by atoms with E-state index in [2.05, 4.69) is 24.3 Å². The number of nitrogens with one attached hydrogen (secondary N) is 1. The molecule has 5 nitrogen and oxygen atoms in total. The molecule has 0 aliphatic rings. The van der Waals surface area contributed by atoms with Crippen molar-refractivity contribution in [3.05, 3.63) is 65.3 Å². The molecular formula is C22H24ClN3O2. The molecule has 2 aromatic carbocycles. The molecule has 0 bridgehead atoms. The number of carbonyl (C=O) groups excluding carboxylic acids is 1. The molecule has 3 rings (SSSR count). The summed E-state index contributed by atoms with van der Waals surface area (Å²) in [5, 5.41) is 8.31. The summed E-state index contributed by atoms with van der Waals surface area (Å²) in [6.07, 6.45) is 0. The molecule has 6 heteroatoms. The lowest BCUT2D eigenvalue weighted by Crippen LogP contribution is -2.37. The minimum atomic E-state index is -0.173. The van der Waals surface area contributed by atoms with Crippen LogP contribution in [0.4, 0.5) is 0 Å². The van der Waals surface area contributed by atoms with Crippen LogP contribution in [0, 0.1) is 5.92 Å². The van der Waals surface area contributed by atoms with E-state index in [-0.39, 0.29) is 11.9 Å². The maximum absolute atomic E-state index is 13.0. The lowest BCUT2D eigenvalue weighted by molar-refractivity contribution is 0.0922. The van der Waals surface area contributed by atoms with E-state index >= 15 is 0 Å². The van der Waals surface area contributed by atoms with Gasteiger partial charge in [-0.15, -0.1) is 0 Å². The molecule has 1 atom stereocenters. The number of hydrogen-bond acceptors (Lipinski definition) is 3. The molecule has 28 heavy (non-hydrogen) atoms. The van der Waals surface area contributed by atoms with E-state index in [0.29, 0.717) is 22.3 Å². The van der Waals surface area contributed by atoms with Crippen molar-refractivity contribution >= 4 is 17.5 Å². The van der Waals surface area contributed by atoms with E-state index < -0.39 is 0 Å². The number of rotatable bonds is 6. The average Bonchev–Trinajstić information content (AvgIpc) is 3.13. The molecule has 1 heterocycles. The van der Waals surface area contributed by atoms with Crippen molar-refractivity contribution in [2.75, 3.05) is 7.11 Å². The van der Waals surface area contributed by atoms with Gasteiger partial charge in [-0.3, -0.25) is 4.79 Å². The number of ether oxygens (including phenoxy) is 1. The zero-order chi connectivity index (χ0) is 20.3. The van der Waals surface area contributed by atoms with E-state index in [9.17, 15) is 4.79 Å². The van der Waals surface area contributed by atoms with Gasteiger partial charge >= 0.3 is 0 Å². The van der Waals surface area contributed by atoms with Crippen LogP contribution in [-0.4, -0.2) is 28.8 Å². The zero-order valence-electron chi connectivity index (χ0n) is 16.4. The van der Waals surface area contributed by atoms with E-state index in [1.165, 1.54) is 0 Å². The Hall–Kier alpha value is -2.79. The highest BCUT2D eigenvalue weighted by Gasteiger charge is 2.20. The normalized spacial score (nSPS) is 12.1. The minimum Gasteiger partial charge on any atom is -0.497 e. The molecule has 0 aliphatic heterocycles. The first-order valence-corrected chi connectivity index (χ1v) is 9.58. The van der Waals surface area contributed by atoms with Crippen molar-refractivity contribution < 1.29 is 9.53 Å². The number of nitrogens with zero attached hydrogens (tertiary/aromatic N) is 2. The second-order valence-corrected chi connectivity index (χ2v) is 7.48. The van der Waals surface area contributed by atoms with Crippen LogP contribution in [0.5, 0.6) is 5.75 Å². The molecule has 0 fully saturated rings. The molecule has 1 aromatic heterocycles. The van der Waals surface area contributed by atoms with Crippen LogP contribution in [0.3, 0.4) is 0 Å². The summed E-state index contributed by atoms with van der Waals surface area (Å²) in [7, 11) is 1.63. The van der Waals surface area contributed by atoms with Crippen LogP contribution in [-0.2, 0) is 0 Å². The Bertz CT molecular complexity index is 964. The molecule has 146 valence electrons. The van der Waals surface area contributed by atoms with E-state index in [4.69, 9.17) is 16.3 Å². The highest BCUT2D eigenvalue weighted by Crippen LogP contribution is 2.25. The van der Waals surface area contributed by atoms with Crippen LogP contribution >= 0.6 is 11.6 Å². The second-order valence-electron chi connectivity index (χ2n) is 7.04. The maximum atomic E-state index is 13.0. The average molecular weight is 398 g/mol. The van der Waals surface area contributed by atoms with Crippen molar-refractivity contribution in [3.63, 3.8) is 0 Å². The Labute approximate surface area is 170 Å². The van der Waals surface area contributed by atoms with E-state index in [0.717, 1.165) is 17.0 Å². The second kappa shape index (κ2) is 8.48. The number of benzene rings is 2. The third-order valence-electron chi connectivity index (χ3n) is 4.74. The molecule has 0 saturated carbocycles. The van der Waals surface area contributed by atoms with Gasteiger partial charge in [0, 0.05) is 16.6 Å². The first-order valence-electron chi connectivity index (χ1n) is 9.20. The smallest absolute Gasteiger partial charge is 0.270 e. The van der Waals surface area contributed by atoms with Gasteiger partial charge in [-0.05, 0) is 61.4 Å². The fourth-order valence-electron chi connectivity index (χ4n) is 2.70. The fourth-order valence-corrected chi connectivity index (χ4v) is 2.88. The molecule has 1 N–H and O–H groups in total. The molecule has 0 aliphatic carbocycles. The number of halogens is 1. The molecule has 1 unspecified atom stereocenters. The maximum Gasteiger partial charge on any atom is 0.270 e. The van der Waals surface area contributed by atoms with Crippen molar-refractivity contribution in [2.45, 2.75) is 26.8 Å². The van der Waals surface area contributed by atoms with Crippen LogP contribution in [0.25, 0.3) is 16.9 Å². The van der Waals surface area contributed by atoms with E-state index in [1.54, 1.807) is 30.0 Å². The SMILES string of the molecule is COc1ccc(-c2cc(C(=O)NC(C)C(C)C)n(-c3cccc(Cl)c3)n2)cc1. The van der Waals surface area contributed by atoms with Gasteiger partial charge in [0.1, 0.15) is 11.4 Å². The third kappa shape index (κ3) is 4.37. The Morgan fingerprint density at radius 2 is 1.82 bits per heavy atom. The first-order chi connectivity index (χ1) is 13.4. The Morgan fingerprint density at radius 1 is 1.11 bits per heavy atom. The number of methoxy groups -OCH3 is 1. The third-order valence-corrected chi connectivity index (χ3v) is 4.97. The largest absolute Gasteiger partial charge is 0.497 e. The van der Waals surface area contributed by atoms with Gasteiger partial charge in [0.2, 0.25) is 0 Å². The van der Waals surface area contributed by atoms with Crippen molar-refractivity contribution in [3.8, 4) is 22.7 Å². The molecule has 0 radical (unpaired) electrons. The van der Waals surface area contributed by atoms with Gasteiger partial charge in [-0.25, -0.2) is 4.68 Å². The fraction of sp³-hybridized carbons (Fsp3) is 0.273. The standard InChI is InChI=1S/C22H24ClN3O2/c1-14(2)15(3)24-22(27)21-13-20(16-8-10-19(28-4)11-9-16)25-26(21)18-7-5-6-17(23)12-18/h5-15H,1-4H3,(H,24,27). The highest BCUT2D eigenvalue weighted by atomic mass is 35.5. The summed E-state index contributed by atoms with van der Waals surface area (Å²) in [5.74, 6) is 0.919. The monoisotopic (exact) mass is 397 g/mol. The van der Waals surface area contributed by atoms with Crippen molar-refractivity contribution in [1.29, 1.82) is 0 Å². The minimum absolute atomic E-state index is 0.0413. The molecule has 0 spiro atoms. The summed E-state index contributed by atoms with van der Waals surface area (Å²) >= 11 is 6.15. The van der Waals surface area contributed by atoms with Gasteiger partial charge in [-0.1, -0.05) is 31.5 Å². The first kappa shape index (κ1) is 20.0. The predicted molar refractivity (Wildman–Crippen MR) is 112 cm³/mol. The zero-order valence-corrected chi connectivity index (χ0v) is 17.2. The quantitative estimate of drug-likeness (QED) is 0.638. The van der Waals surface area contributed by atoms with E-state index in [1.807, 2.05) is 43.3 Å². The molecular weight excluding hydrogens is 374 g/mol. The number of hydrogen-bond donors (Lipinski definition) is 1. The Balaban J connectivity index is 2.05. The number of carbonyl (C=O) groups is 1. The van der Waals surface area contributed by atoms with Gasteiger partial charge in [0.15, 0.2) is 0 Å². The molecule has 3 aromatic rings. The topological polar surface area (TPSA) is 56.1 Å². The summed E-state index contributed by atoms with van der Waals surface area (Å²) < 4.78 is 6.85. The Kier molecular flexibility index (Phi) is 6.05. The lowest BCUT2D eigenvalue weighted by Gasteiger charge is -2.17. The molecule has 0 saturated heterocycles. The van der Waals surface area contributed by atoms with Crippen LogP contribution in [0.15, 0.2) is 54.6 Å². The lowest BCUT2D eigenvalue weighted by atomic mass is 10.1. The summed E-state index contributed by atoms with van der Waals surface area (Å²) in [4.78, 5) is 13.0. The van der Waals surface area contributed by atoms with Gasteiger partial charge in [0.05, 0.1) is 18.5 Å². The number of aromatic nitrogens is 2. The Morgan fingerprint density at radius 3 is 2.43 bits per heavy atom. The van der Waals surface area contributed by atoms with Crippen LogP contribution in [0.2, 0.25) is 5.02 Å². The number of amides is 1. The van der Waals surface area contributed by atoms with Crippen LogP contribution < -0.4 is 10.1 Å². The van der Waals surface area contributed by atoms with Gasteiger partial charge < -0.3 is 10.1 Å². The molecule has 1 amide bonds. The summed E-state index contributed by atoms with van der Waals surface area (Å²) in [5.41, 5.74) is 2.78. The van der Waals surface area contributed by atoms with Crippen molar-refractivity contribution in [1.82, 2.24) is 15.1 Å². The summed E-state index contributed by atoms with van der Waals surface area (Å²) in [6.45, 7) is 6.14. The van der Waals surface area contributed by atoms with Crippen molar-refractivity contribution in [2.24, 2.45) is 5.92 Å². The van der Waals surface area contributed by atoms with Gasteiger partial charge in [-0.2, -0.15) is 5.10 Å². The highest BCUT2D eigenvalue weighted by molar-refractivity contribution is 6.30. The van der Waals surface area contributed by atoms with Crippen LogP contribution in [0.1, 0.15) is 31.3 Å². The summed E-state index contributed by atoms with van der Waals surface area (Å²) in [6, 6.07) is 16.7.